The fourth-order valence-corrected chi connectivity index (χ4v) is 2.97. The van der Waals surface area contributed by atoms with E-state index in [2.05, 4.69) is 4.90 Å². The zero-order chi connectivity index (χ0) is 16.9. The highest BCUT2D eigenvalue weighted by Gasteiger charge is 2.23. The molecule has 0 bridgehead atoms. The SMILES string of the molecule is OC(CN1CCC(Oc2ccccc2)CC1)c1ccc(F)c(F)c1. The van der Waals surface area contributed by atoms with E-state index < -0.39 is 17.7 Å². The first kappa shape index (κ1) is 16.9. The van der Waals surface area contributed by atoms with Crippen molar-refractivity contribution < 1.29 is 18.6 Å². The van der Waals surface area contributed by atoms with Crippen LogP contribution in [-0.4, -0.2) is 35.7 Å². The van der Waals surface area contributed by atoms with Crippen molar-refractivity contribution in [3.8, 4) is 5.75 Å². The minimum atomic E-state index is -0.929. The van der Waals surface area contributed by atoms with Gasteiger partial charge in [0, 0.05) is 19.6 Å². The molecule has 5 heteroatoms. The standard InChI is InChI=1S/C19H21F2NO2/c20-17-7-6-14(12-18(17)21)19(23)13-22-10-8-16(9-11-22)24-15-4-2-1-3-5-15/h1-7,12,16,19,23H,8-11,13H2. The maximum atomic E-state index is 13.3. The molecule has 1 aliphatic heterocycles. The molecule has 0 aromatic heterocycles. The molecule has 3 nitrogen and oxygen atoms in total. The minimum Gasteiger partial charge on any atom is -0.490 e. The number of likely N-dealkylation sites (tertiary alicyclic amines) is 1. The Morgan fingerprint density at radius 2 is 1.75 bits per heavy atom. The number of rotatable bonds is 5. The average Bonchev–Trinajstić information content (AvgIpc) is 2.60. The van der Waals surface area contributed by atoms with Crippen molar-refractivity contribution in [2.45, 2.75) is 25.0 Å². The summed E-state index contributed by atoms with van der Waals surface area (Å²) in [5.41, 5.74) is 0.400. The van der Waals surface area contributed by atoms with Gasteiger partial charge in [0.25, 0.3) is 0 Å². The molecule has 1 heterocycles. The van der Waals surface area contributed by atoms with Gasteiger partial charge >= 0.3 is 0 Å². The summed E-state index contributed by atoms with van der Waals surface area (Å²) in [6, 6.07) is 13.3. The second kappa shape index (κ2) is 7.73. The molecule has 0 radical (unpaired) electrons. The summed E-state index contributed by atoms with van der Waals surface area (Å²) in [6.45, 7) is 2.01. The first-order chi connectivity index (χ1) is 11.6. The summed E-state index contributed by atoms with van der Waals surface area (Å²) in [5, 5.41) is 10.2. The molecular formula is C19H21F2NO2. The van der Waals surface area contributed by atoms with Crippen LogP contribution in [-0.2, 0) is 0 Å². The van der Waals surface area contributed by atoms with Gasteiger partial charge in [-0.2, -0.15) is 0 Å². The van der Waals surface area contributed by atoms with Gasteiger partial charge in [0.1, 0.15) is 11.9 Å². The van der Waals surface area contributed by atoms with E-state index in [-0.39, 0.29) is 6.10 Å². The molecule has 1 N–H and O–H groups in total. The van der Waals surface area contributed by atoms with Crippen LogP contribution in [0.4, 0.5) is 8.78 Å². The fraction of sp³-hybridized carbons (Fsp3) is 0.368. The number of hydrogen-bond donors (Lipinski definition) is 1. The molecule has 3 rings (SSSR count). The molecule has 0 saturated carbocycles. The van der Waals surface area contributed by atoms with Crippen molar-refractivity contribution in [1.29, 1.82) is 0 Å². The van der Waals surface area contributed by atoms with Gasteiger partial charge in [-0.05, 0) is 42.7 Å². The number of β-amino-alcohol motifs (C(OH)–C–C–N with tert-alkyl or cyclic N) is 1. The Morgan fingerprint density at radius 1 is 1.04 bits per heavy atom. The lowest BCUT2D eigenvalue weighted by Gasteiger charge is -2.33. The van der Waals surface area contributed by atoms with Crippen molar-refractivity contribution >= 4 is 0 Å². The monoisotopic (exact) mass is 333 g/mol. The molecule has 128 valence electrons. The molecule has 0 spiro atoms. The Hall–Kier alpha value is -1.98. The highest BCUT2D eigenvalue weighted by molar-refractivity contribution is 5.22. The summed E-state index contributed by atoms with van der Waals surface area (Å²) in [6.07, 6.45) is 1.09. The molecular weight excluding hydrogens is 312 g/mol. The van der Waals surface area contributed by atoms with Crippen molar-refractivity contribution in [3.63, 3.8) is 0 Å². The van der Waals surface area contributed by atoms with Crippen molar-refractivity contribution in [2.24, 2.45) is 0 Å². The average molecular weight is 333 g/mol. The largest absolute Gasteiger partial charge is 0.490 e. The summed E-state index contributed by atoms with van der Waals surface area (Å²) >= 11 is 0. The van der Waals surface area contributed by atoms with E-state index in [1.807, 2.05) is 30.3 Å². The second-order valence-corrected chi connectivity index (χ2v) is 6.12. The van der Waals surface area contributed by atoms with Crippen LogP contribution in [0, 0.1) is 11.6 Å². The smallest absolute Gasteiger partial charge is 0.159 e. The van der Waals surface area contributed by atoms with Gasteiger partial charge in [-0.1, -0.05) is 24.3 Å². The number of piperidine rings is 1. The highest BCUT2D eigenvalue weighted by Crippen LogP contribution is 2.22. The number of nitrogens with zero attached hydrogens (tertiary/aromatic N) is 1. The van der Waals surface area contributed by atoms with Crippen LogP contribution in [0.3, 0.4) is 0 Å². The molecule has 1 saturated heterocycles. The van der Waals surface area contributed by atoms with Crippen LogP contribution in [0.5, 0.6) is 5.75 Å². The molecule has 1 atom stereocenters. The maximum absolute atomic E-state index is 13.3. The van der Waals surface area contributed by atoms with E-state index in [9.17, 15) is 13.9 Å². The zero-order valence-electron chi connectivity index (χ0n) is 13.4. The van der Waals surface area contributed by atoms with E-state index in [1.165, 1.54) is 6.07 Å². The second-order valence-electron chi connectivity index (χ2n) is 6.12. The maximum Gasteiger partial charge on any atom is 0.159 e. The third kappa shape index (κ3) is 4.30. The lowest BCUT2D eigenvalue weighted by molar-refractivity contribution is 0.0609. The number of benzene rings is 2. The van der Waals surface area contributed by atoms with Crippen molar-refractivity contribution in [3.05, 3.63) is 65.7 Å². The Kier molecular flexibility index (Phi) is 5.43. The minimum absolute atomic E-state index is 0.170. The molecule has 1 fully saturated rings. The normalized spacial score (nSPS) is 17.6. The molecule has 0 aliphatic carbocycles. The Morgan fingerprint density at radius 3 is 2.42 bits per heavy atom. The van der Waals surface area contributed by atoms with Crippen molar-refractivity contribution in [2.75, 3.05) is 19.6 Å². The van der Waals surface area contributed by atoms with E-state index in [0.717, 1.165) is 43.8 Å². The van der Waals surface area contributed by atoms with E-state index in [1.54, 1.807) is 0 Å². The molecule has 24 heavy (non-hydrogen) atoms. The number of aliphatic hydroxyl groups excluding tert-OH is 1. The number of para-hydroxylation sites is 1. The van der Waals surface area contributed by atoms with Gasteiger partial charge in [-0.3, -0.25) is 0 Å². The molecule has 2 aromatic carbocycles. The number of aliphatic hydroxyl groups is 1. The van der Waals surface area contributed by atoms with Gasteiger partial charge in [-0.15, -0.1) is 0 Å². The summed E-state index contributed by atoms with van der Waals surface area (Å²) < 4.78 is 32.2. The van der Waals surface area contributed by atoms with Crippen LogP contribution in [0.25, 0.3) is 0 Å². The third-order valence-corrected chi connectivity index (χ3v) is 4.34. The van der Waals surface area contributed by atoms with Crippen molar-refractivity contribution in [1.82, 2.24) is 4.90 Å². The number of hydrogen-bond acceptors (Lipinski definition) is 3. The van der Waals surface area contributed by atoms with Crippen LogP contribution >= 0.6 is 0 Å². The van der Waals surface area contributed by atoms with Gasteiger partial charge in [-0.25, -0.2) is 8.78 Å². The Bertz CT molecular complexity index is 658. The zero-order valence-corrected chi connectivity index (χ0v) is 13.4. The molecule has 1 unspecified atom stereocenters. The first-order valence-corrected chi connectivity index (χ1v) is 8.19. The summed E-state index contributed by atoms with van der Waals surface area (Å²) in [7, 11) is 0. The van der Waals surface area contributed by atoms with E-state index in [0.29, 0.717) is 12.1 Å². The van der Waals surface area contributed by atoms with Crippen LogP contribution in [0.15, 0.2) is 48.5 Å². The van der Waals surface area contributed by atoms with Gasteiger partial charge in [0.15, 0.2) is 11.6 Å². The number of ether oxygens (including phenoxy) is 1. The number of halogens is 2. The lowest BCUT2D eigenvalue weighted by atomic mass is 10.0. The van der Waals surface area contributed by atoms with Gasteiger partial charge < -0.3 is 14.7 Å². The predicted octanol–water partition coefficient (Wildman–Crippen LogP) is 3.54. The Labute approximate surface area is 140 Å². The van der Waals surface area contributed by atoms with Crippen LogP contribution in [0.1, 0.15) is 24.5 Å². The highest BCUT2D eigenvalue weighted by atomic mass is 19.2. The molecule has 0 amide bonds. The first-order valence-electron chi connectivity index (χ1n) is 8.19. The summed E-state index contributed by atoms with van der Waals surface area (Å²) in [4.78, 5) is 2.12. The lowest BCUT2D eigenvalue weighted by Crippen LogP contribution is -2.40. The van der Waals surface area contributed by atoms with E-state index in [4.69, 9.17) is 4.74 Å². The van der Waals surface area contributed by atoms with Gasteiger partial charge in [0.05, 0.1) is 6.10 Å². The molecule has 2 aromatic rings. The summed E-state index contributed by atoms with van der Waals surface area (Å²) in [5.74, 6) is -0.955. The Balaban J connectivity index is 1.49. The predicted molar refractivity (Wildman–Crippen MR) is 87.8 cm³/mol. The van der Waals surface area contributed by atoms with Gasteiger partial charge in [0.2, 0.25) is 0 Å². The molecule has 1 aliphatic rings. The van der Waals surface area contributed by atoms with Crippen LogP contribution < -0.4 is 4.74 Å². The van der Waals surface area contributed by atoms with E-state index >= 15 is 0 Å². The topological polar surface area (TPSA) is 32.7 Å². The quantitative estimate of drug-likeness (QED) is 0.908. The third-order valence-electron chi connectivity index (χ3n) is 4.34. The fourth-order valence-electron chi connectivity index (χ4n) is 2.97. The van der Waals surface area contributed by atoms with Crippen LogP contribution in [0.2, 0.25) is 0 Å².